The molecule has 4 heteroatoms. The quantitative estimate of drug-likeness (QED) is 0.714. The summed E-state index contributed by atoms with van der Waals surface area (Å²) in [5.41, 5.74) is 0. The molecule has 1 aliphatic heterocycles. The summed E-state index contributed by atoms with van der Waals surface area (Å²) in [5.74, 6) is 1.25. The average molecular weight is 283 g/mol. The Morgan fingerprint density at radius 1 is 1.25 bits per heavy atom. The second-order valence-corrected chi connectivity index (χ2v) is 6.96. The van der Waals surface area contributed by atoms with Gasteiger partial charge in [0.15, 0.2) is 0 Å². The number of hydrogen-bond donors (Lipinski definition) is 2. The van der Waals surface area contributed by atoms with E-state index >= 15 is 0 Å². The van der Waals surface area contributed by atoms with E-state index in [0.717, 1.165) is 26.2 Å². The van der Waals surface area contributed by atoms with Crippen molar-refractivity contribution in [3.63, 3.8) is 0 Å². The number of amides is 1. The molecule has 1 rings (SSSR count). The second kappa shape index (κ2) is 8.63. The van der Waals surface area contributed by atoms with Crippen molar-refractivity contribution in [3.05, 3.63) is 0 Å². The maximum atomic E-state index is 12.3. The van der Waals surface area contributed by atoms with Crippen molar-refractivity contribution in [2.45, 2.75) is 59.5 Å². The van der Waals surface area contributed by atoms with Crippen molar-refractivity contribution < 1.29 is 4.79 Å². The standard InChI is InChI=1S/C16H33N3O/c1-12(2)9-18-16(20)14(5)19(10-13(3)4)11-15-7-6-8-17-15/h12-15,17H,6-11H2,1-5H3,(H,18,20). The van der Waals surface area contributed by atoms with E-state index in [1.807, 2.05) is 6.92 Å². The molecule has 1 amide bonds. The van der Waals surface area contributed by atoms with Gasteiger partial charge in [-0.05, 0) is 38.1 Å². The van der Waals surface area contributed by atoms with Crippen molar-refractivity contribution >= 4 is 5.91 Å². The van der Waals surface area contributed by atoms with E-state index < -0.39 is 0 Å². The van der Waals surface area contributed by atoms with Crippen molar-refractivity contribution in [1.29, 1.82) is 0 Å². The lowest BCUT2D eigenvalue weighted by atomic mass is 10.1. The van der Waals surface area contributed by atoms with E-state index in [4.69, 9.17) is 0 Å². The molecule has 4 nitrogen and oxygen atoms in total. The smallest absolute Gasteiger partial charge is 0.237 e. The third-order valence-electron chi connectivity index (χ3n) is 3.83. The Hall–Kier alpha value is -0.610. The minimum atomic E-state index is -0.0430. The molecule has 2 atom stereocenters. The molecular formula is C16H33N3O. The number of carbonyl (C=O) groups excluding carboxylic acids is 1. The van der Waals surface area contributed by atoms with Crippen LogP contribution < -0.4 is 10.6 Å². The topological polar surface area (TPSA) is 44.4 Å². The predicted molar refractivity (Wildman–Crippen MR) is 84.7 cm³/mol. The second-order valence-electron chi connectivity index (χ2n) is 6.96. The van der Waals surface area contributed by atoms with Gasteiger partial charge in [-0.25, -0.2) is 0 Å². The van der Waals surface area contributed by atoms with Crippen LogP contribution in [0.4, 0.5) is 0 Å². The highest BCUT2D eigenvalue weighted by Gasteiger charge is 2.25. The summed E-state index contributed by atoms with van der Waals surface area (Å²) in [6.45, 7) is 14.6. The maximum absolute atomic E-state index is 12.3. The molecule has 0 aromatic heterocycles. The summed E-state index contributed by atoms with van der Waals surface area (Å²) < 4.78 is 0. The molecule has 0 aliphatic carbocycles. The van der Waals surface area contributed by atoms with Crippen LogP contribution in [0.25, 0.3) is 0 Å². The minimum absolute atomic E-state index is 0.0430. The van der Waals surface area contributed by atoms with Crippen LogP contribution >= 0.6 is 0 Å². The van der Waals surface area contributed by atoms with Gasteiger partial charge in [-0.1, -0.05) is 27.7 Å². The Bertz CT molecular complexity index is 285. The zero-order valence-corrected chi connectivity index (χ0v) is 13.9. The fourth-order valence-electron chi connectivity index (χ4n) is 2.67. The van der Waals surface area contributed by atoms with E-state index in [1.165, 1.54) is 12.8 Å². The van der Waals surface area contributed by atoms with Crippen LogP contribution in [0.15, 0.2) is 0 Å². The molecule has 2 N–H and O–H groups in total. The van der Waals surface area contributed by atoms with Crippen molar-refractivity contribution in [1.82, 2.24) is 15.5 Å². The first-order valence-electron chi connectivity index (χ1n) is 8.15. The van der Waals surface area contributed by atoms with Gasteiger partial charge in [0.05, 0.1) is 6.04 Å². The molecule has 2 unspecified atom stereocenters. The number of hydrogen-bond acceptors (Lipinski definition) is 3. The molecular weight excluding hydrogens is 250 g/mol. The van der Waals surface area contributed by atoms with Gasteiger partial charge in [0.2, 0.25) is 5.91 Å². The van der Waals surface area contributed by atoms with Crippen molar-refractivity contribution in [3.8, 4) is 0 Å². The SMILES string of the molecule is CC(C)CNC(=O)C(C)N(CC(C)C)CC1CCCN1. The van der Waals surface area contributed by atoms with Crippen molar-refractivity contribution in [2.75, 3.05) is 26.2 Å². The van der Waals surface area contributed by atoms with Crippen LogP contribution in [0, 0.1) is 11.8 Å². The zero-order chi connectivity index (χ0) is 15.1. The van der Waals surface area contributed by atoms with Gasteiger partial charge in [-0.15, -0.1) is 0 Å². The van der Waals surface area contributed by atoms with Crippen LogP contribution in [0.3, 0.4) is 0 Å². The number of nitrogens with zero attached hydrogens (tertiary/aromatic N) is 1. The Morgan fingerprint density at radius 3 is 2.45 bits per heavy atom. The van der Waals surface area contributed by atoms with E-state index in [-0.39, 0.29) is 11.9 Å². The van der Waals surface area contributed by atoms with E-state index in [0.29, 0.717) is 17.9 Å². The molecule has 20 heavy (non-hydrogen) atoms. The van der Waals surface area contributed by atoms with Crippen LogP contribution in [0.5, 0.6) is 0 Å². The van der Waals surface area contributed by atoms with Gasteiger partial charge in [0.25, 0.3) is 0 Å². The molecule has 118 valence electrons. The normalized spacial score (nSPS) is 20.9. The van der Waals surface area contributed by atoms with Crippen LogP contribution in [-0.4, -0.2) is 49.1 Å². The summed E-state index contributed by atoms with van der Waals surface area (Å²) in [6, 6.07) is 0.507. The largest absolute Gasteiger partial charge is 0.354 e. The Balaban J connectivity index is 2.53. The lowest BCUT2D eigenvalue weighted by molar-refractivity contribution is -0.126. The van der Waals surface area contributed by atoms with Crippen LogP contribution in [0.1, 0.15) is 47.5 Å². The predicted octanol–water partition coefficient (Wildman–Crippen LogP) is 1.86. The molecule has 0 spiro atoms. The molecule has 0 saturated carbocycles. The lowest BCUT2D eigenvalue weighted by Gasteiger charge is -2.32. The van der Waals surface area contributed by atoms with E-state index in [2.05, 4.69) is 43.2 Å². The summed E-state index contributed by atoms with van der Waals surface area (Å²) in [4.78, 5) is 14.6. The van der Waals surface area contributed by atoms with Gasteiger partial charge in [-0.3, -0.25) is 9.69 Å². The Kier molecular flexibility index (Phi) is 7.52. The molecule has 1 aliphatic rings. The minimum Gasteiger partial charge on any atom is -0.354 e. The first kappa shape index (κ1) is 17.4. The molecule has 0 bridgehead atoms. The first-order valence-corrected chi connectivity index (χ1v) is 8.15. The number of carbonyl (C=O) groups is 1. The maximum Gasteiger partial charge on any atom is 0.237 e. The van der Waals surface area contributed by atoms with E-state index in [9.17, 15) is 4.79 Å². The molecule has 0 aromatic rings. The fraction of sp³-hybridized carbons (Fsp3) is 0.938. The lowest BCUT2D eigenvalue weighted by Crippen LogP contribution is -2.50. The van der Waals surface area contributed by atoms with Gasteiger partial charge >= 0.3 is 0 Å². The van der Waals surface area contributed by atoms with E-state index in [1.54, 1.807) is 0 Å². The van der Waals surface area contributed by atoms with Gasteiger partial charge in [-0.2, -0.15) is 0 Å². The first-order chi connectivity index (χ1) is 9.40. The third kappa shape index (κ3) is 6.23. The Labute approximate surface area is 124 Å². The molecule has 1 fully saturated rings. The van der Waals surface area contributed by atoms with Crippen LogP contribution in [0.2, 0.25) is 0 Å². The van der Waals surface area contributed by atoms with Gasteiger partial charge in [0.1, 0.15) is 0 Å². The van der Waals surface area contributed by atoms with Gasteiger partial charge < -0.3 is 10.6 Å². The Morgan fingerprint density at radius 2 is 1.95 bits per heavy atom. The average Bonchev–Trinajstić information content (AvgIpc) is 2.86. The molecule has 0 radical (unpaired) electrons. The summed E-state index contributed by atoms with van der Waals surface area (Å²) in [6.07, 6.45) is 2.49. The highest BCUT2D eigenvalue weighted by molar-refractivity contribution is 5.81. The molecule has 1 heterocycles. The fourth-order valence-corrected chi connectivity index (χ4v) is 2.67. The molecule has 0 aromatic carbocycles. The molecule has 1 saturated heterocycles. The van der Waals surface area contributed by atoms with Crippen molar-refractivity contribution in [2.24, 2.45) is 11.8 Å². The summed E-state index contributed by atoms with van der Waals surface area (Å²) >= 11 is 0. The number of rotatable bonds is 8. The number of nitrogens with one attached hydrogen (secondary N) is 2. The highest BCUT2D eigenvalue weighted by atomic mass is 16.2. The van der Waals surface area contributed by atoms with Gasteiger partial charge in [0, 0.05) is 25.7 Å². The third-order valence-corrected chi connectivity index (χ3v) is 3.83. The monoisotopic (exact) mass is 283 g/mol. The van der Waals surface area contributed by atoms with Crippen LogP contribution in [-0.2, 0) is 4.79 Å². The summed E-state index contributed by atoms with van der Waals surface area (Å²) in [5, 5.41) is 6.59. The summed E-state index contributed by atoms with van der Waals surface area (Å²) in [7, 11) is 0. The zero-order valence-electron chi connectivity index (χ0n) is 13.9. The highest BCUT2D eigenvalue weighted by Crippen LogP contribution is 2.12.